The highest BCUT2D eigenvalue weighted by Crippen LogP contribution is 2.42. The van der Waals surface area contributed by atoms with Crippen LogP contribution in [0.25, 0.3) is 98.9 Å². The van der Waals surface area contributed by atoms with Crippen LogP contribution in [0.2, 0.25) is 0 Å². The monoisotopic (exact) mass is 683 g/mol. The highest BCUT2D eigenvalue weighted by molar-refractivity contribution is 7.26. The van der Waals surface area contributed by atoms with Gasteiger partial charge in [-0.2, -0.15) is 0 Å². The fourth-order valence-electron chi connectivity index (χ4n) is 6.96. The maximum atomic E-state index is 6.18. The highest BCUT2D eigenvalue weighted by Gasteiger charge is 2.18. The highest BCUT2D eigenvalue weighted by atomic mass is 32.1. The maximum absolute atomic E-state index is 6.18. The Bertz CT molecular complexity index is 2860. The number of nitrogens with zero attached hydrogens (tertiary/aromatic N) is 3. The normalized spacial score (nSPS) is 11.5. The van der Waals surface area contributed by atoms with Crippen LogP contribution >= 0.6 is 11.3 Å². The molecule has 0 saturated heterocycles. The van der Waals surface area contributed by atoms with Gasteiger partial charge in [0, 0.05) is 42.4 Å². The molecule has 0 atom stereocenters. The Morgan fingerprint density at radius 3 is 1.81 bits per heavy atom. The molecule has 0 saturated carbocycles. The molecule has 0 amide bonds. The minimum Gasteiger partial charge on any atom is -0.436 e. The van der Waals surface area contributed by atoms with Crippen LogP contribution in [0.15, 0.2) is 180 Å². The summed E-state index contributed by atoms with van der Waals surface area (Å²) in [6.45, 7) is 0. The third kappa shape index (κ3) is 5.45. The second-order valence-electron chi connectivity index (χ2n) is 12.8. The Morgan fingerprint density at radius 1 is 0.404 bits per heavy atom. The van der Waals surface area contributed by atoms with Crippen molar-refractivity contribution in [3.63, 3.8) is 0 Å². The Labute approximate surface area is 304 Å². The molecule has 0 fully saturated rings. The summed E-state index contributed by atoms with van der Waals surface area (Å²) in [7, 11) is 0. The van der Waals surface area contributed by atoms with Crippen LogP contribution < -0.4 is 0 Å². The quantitative estimate of drug-likeness (QED) is 0.175. The molecule has 0 aliphatic carbocycles. The van der Waals surface area contributed by atoms with Crippen LogP contribution in [-0.2, 0) is 0 Å². The van der Waals surface area contributed by atoms with E-state index in [9.17, 15) is 0 Å². The SMILES string of the molecule is c1ccc(-c2ccc(-c3cc(-c4cccc(-c5ccccc5)c4)nc(-c4cccc5sc6ccc(-c7nc8ccccc8o7)cc6c45)n3)cc2)cc1. The van der Waals surface area contributed by atoms with E-state index < -0.39 is 0 Å². The fraction of sp³-hybridized carbons (Fsp3) is 0. The molecule has 0 radical (unpaired) electrons. The van der Waals surface area contributed by atoms with Crippen molar-refractivity contribution in [2.75, 3.05) is 0 Å². The van der Waals surface area contributed by atoms with E-state index in [4.69, 9.17) is 19.4 Å². The number of aromatic nitrogens is 3. The molecule has 10 rings (SSSR count). The van der Waals surface area contributed by atoms with E-state index in [1.165, 1.54) is 26.1 Å². The third-order valence-corrected chi connectivity index (χ3v) is 10.7. The maximum Gasteiger partial charge on any atom is 0.227 e. The smallest absolute Gasteiger partial charge is 0.227 e. The Morgan fingerprint density at radius 2 is 1.02 bits per heavy atom. The fourth-order valence-corrected chi connectivity index (χ4v) is 8.07. The number of fused-ring (bicyclic) bond motifs is 4. The molecule has 4 nitrogen and oxygen atoms in total. The molecule has 7 aromatic carbocycles. The lowest BCUT2D eigenvalue weighted by molar-refractivity contribution is 0.620. The van der Waals surface area contributed by atoms with E-state index >= 15 is 0 Å². The Hall–Kier alpha value is -6.69. The first kappa shape index (κ1) is 30.2. The van der Waals surface area contributed by atoms with Gasteiger partial charge in [0.2, 0.25) is 5.89 Å². The minimum absolute atomic E-state index is 0.609. The molecule has 0 unspecified atom stereocenters. The summed E-state index contributed by atoms with van der Waals surface area (Å²) in [6, 6.07) is 61.1. The number of hydrogen-bond acceptors (Lipinski definition) is 5. The Balaban J connectivity index is 1.15. The lowest BCUT2D eigenvalue weighted by Gasteiger charge is -2.12. The molecule has 244 valence electrons. The molecule has 0 bridgehead atoms. The van der Waals surface area contributed by atoms with Crippen molar-refractivity contribution >= 4 is 42.6 Å². The number of benzene rings is 7. The van der Waals surface area contributed by atoms with Crippen molar-refractivity contribution in [1.29, 1.82) is 0 Å². The number of hydrogen-bond donors (Lipinski definition) is 0. The van der Waals surface area contributed by atoms with Crippen LogP contribution in [0, 0.1) is 0 Å². The van der Waals surface area contributed by atoms with Crippen molar-refractivity contribution in [3.8, 4) is 67.6 Å². The molecule has 5 heteroatoms. The minimum atomic E-state index is 0.609. The van der Waals surface area contributed by atoms with Crippen molar-refractivity contribution in [3.05, 3.63) is 176 Å². The number of rotatable bonds is 6. The van der Waals surface area contributed by atoms with Gasteiger partial charge in [0.05, 0.1) is 11.4 Å². The summed E-state index contributed by atoms with van der Waals surface area (Å²) in [4.78, 5) is 15.4. The lowest BCUT2D eigenvalue weighted by atomic mass is 9.99. The van der Waals surface area contributed by atoms with Crippen molar-refractivity contribution in [2.45, 2.75) is 0 Å². The van der Waals surface area contributed by atoms with E-state index in [0.717, 1.165) is 61.1 Å². The van der Waals surface area contributed by atoms with Crippen molar-refractivity contribution in [1.82, 2.24) is 15.0 Å². The second-order valence-corrected chi connectivity index (χ2v) is 13.9. The summed E-state index contributed by atoms with van der Waals surface area (Å²) in [5.41, 5.74) is 12.0. The molecule has 3 heterocycles. The van der Waals surface area contributed by atoms with Crippen LogP contribution in [0.4, 0.5) is 0 Å². The lowest BCUT2D eigenvalue weighted by Crippen LogP contribution is -1.96. The Kier molecular flexibility index (Phi) is 7.29. The molecule has 0 aliphatic rings. The van der Waals surface area contributed by atoms with Crippen LogP contribution in [0.5, 0.6) is 0 Å². The summed E-state index contributed by atoms with van der Waals surface area (Å²) in [6.07, 6.45) is 0. The predicted molar refractivity (Wildman–Crippen MR) is 215 cm³/mol. The predicted octanol–water partition coefficient (Wildman–Crippen LogP) is 13.0. The van der Waals surface area contributed by atoms with Crippen molar-refractivity contribution in [2.24, 2.45) is 0 Å². The van der Waals surface area contributed by atoms with Crippen LogP contribution in [0.3, 0.4) is 0 Å². The first-order valence-electron chi connectivity index (χ1n) is 17.3. The van der Waals surface area contributed by atoms with Gasteiger partial charge in [-0.15, -0.1) is 11.3 Å². The van der Waals surface area contributed by atoms with Crippen molar-refractivity contribution < 1.29 is 4.42 Å². The van der Waals surface area contributed by atoms with Gasteiger partial charge in [0.15, 0.2) is 11.4 Å². The van der Waals surface area contributed by atoms with Gasteiger partial charge < -0.3 is 4.42 Å². The molecule has 10 aromatic rings. The van der Waals surface area contributed by atoms with Gasteiger partial charge in [0.25, 0.3) is 0 Å². The first-order chi connectivity index (χ1) is 25.7. The van der Waals surface area contributed by atoms with E-state index in [1.54, 1.807) is 11.3 Å². The largest absolute Gasteiger partial charge is 0.436 e. The standard InChI is InChI=1S/C47H29N3OS/c1-3-11-30(12-4-1)32-21-23-33(24-22-32)40-29-41(35-16-9-15-34(27-35)31-13-5-2-6-14-31)49-46(48-40)37-17-10-20-44-45(37)38-28-36(25-26-43(38)52-44)47-50-39-18-7-8-19-42(39)51-47/h1-29H. The van der Waals surface area contributed by atoms with Gasteiger partial charge in [-0.1, -0.05) is 127 Å². The summed E-state index contributed by atoms with van der Waals surface area (Å²) in [5.74, 6) is 1.29. The zero-order valence-electron chi connectivity index (χ0n) is 27.9. The zero-order chi connectivity index (χ0) is 34.4. The molecule has 3 aromatic heterocycles. The van der Waals surface area contributed by atoms with Gasteiger partial charge in [0.1, 0.15) is 5.52 Å². The topological polar surface area (TPSA) is 51.8 Å². The van der Waals surface area contributed by atoms with E-state index in [2.05, 4.69) is 140 Å². The van der Waals surface area contributed by atoms with Crippen LogP contribution in [-0.4, -0.2) is 15.0 Å². The summed E-state index contributed by atoms with van der Waals surface area (Å²) in [5, 5.41) is 2.25. The van der Waals surface area contributed by atoms with Gasteiger partial charge in [-0.3, -0.25) is 0 Å². The molecule has 0 spiro atoms. The molecule has 0 aliphatic heterocycles. The number of para-hydroxylation sites is 2. The van der Waals surface area contributed by atoms with Crippen LogP contribution in [0.1, 0.15) is 0 Å². The van der Waals surface area contributed by atoms with E-state index in [1.807, 2.05) is 36.4 Å². The summed E-state index contributed by atoms with van der Waals surface area (Å²) < 4.78 is 8.54. The van der Waals surface area contributed by atoms with Gasteiger partial charge in [-0.05, 0) is 70.8 Å². The van der Waals surface area contributed by atoms with E-state index in [-0.39, 0.29) is 0 Å². The average Bonchev–Trinajstić information content (AvgIpc) is 3.83. The number of oxazole rings is 1. The average molecular weight is 684 g/mol. The number of thiophene rings is 1. The molecular weight excluding hydrogens is 655 g/mol. The second kappa shape index (κ2) is 12.6. The molecular formula is C47H29N3OS. The molecule has 0 N–H and O–H groups in total. The summed E-state index contributed by atoms with van der Waals surface area (Å²) >= 11 is 1.77. The molecule has 52 heavy (non-hydrogen) atoms. The zero-order valence-corrected chi connectivity index (χ0v) is 28.7. The van der Waals surface area contributed by atoms with E-state index in [0.29, 0.717) is 11.7 Å². The first-order valence-corrected chi connectivity index (χ1v) is 18.1. The van der Waals surface area contributed by atoms with Gasteiger partial charge in [-0.25, -0.2) is 15.0 Å². The third-order valence-electron chi connectivity index (χ3n) is 9.56. The van der Waals surface area contributed by atoms with Gasteiger partial charge >= 0.3 is 0 Å².